The fraction of sp³-hybridized carbons (Fsp3) is 0.684. The maximum atomic E-state index is 9.34. The van der Waals surface area contributed by atoms with Crippen LogP contribution in [0.2, 0.25) is 0 Å². The van der Waals surface area contributed by atoms with E-state index in [9.17, 15) is 5.11 Å². The van der Waals surface area contributed by atoms with Gasteiger partial charge in [-0.1, -0.05) is 0 Å². The van der Waals surface area contributed by atoms with Gasteiger partial charge in [0.25, 0.3) is 0 Å². The lowest BCUT2D eigenvalue weighted by atomic mass is 9.84. The zero-order valence-corrected chi connectivity index (χ0v) is 15.7. The molecule has 0 bridgehead atoms. The van der Waals surface area contributed by atoms with Crippen LogP contribution in [0.1, 0.15) is 31.2 Å². The monoisotopic (exact) mass is 361 g/mol. The number of hydrogen-bond donors (Lipinski definition) is 3. The number of rotatable bonds is 7. The Balaban J connectivity index is 1.52. The molecule has 0 saturated carbocycles. The number of ether oxygens (including phenoxy) is 1. The molecule has 1 aromatic heterocycles. The molecule has 3 N–H and O–H groups in total. The normalized spacial score (nSPS) is 23.5. The molecule has 0 aliphatic carbocycles. The maximum absolute atomic E-state index is 9.34. The molecule has 2 aliphatic rings. The molecular weight excluding hydrogens is 330 g/mol. The lowest BCUT2D eigenvalue weighted by molar-refractivity contribution is 0.127. The maximum Gasteiger partial charge on any atom is 0.191 e. The molecule has 2 fully saturated rings. The summed E-state index contributed by atoms with van der Waals surface area (Å²) in [6.45, 7) is 5.30. The molecule has 0 spiro atoms. The zero-order chi connectivity index (χ0) is 18.2. The van der Waals surface area contributed by atoms with Crippen LogP contribution in [0.4, 0.5) is 5.82 Å². The van der Waals surface area contributed by atoms with E-state index in [1.54, 1.807) is 7.05 Å². The van der Waals surface area contributed by atoms with Gasteiger partial charge in [-0.05, 0) is 43.4 Å². The van der Waals surface area contributed by atoms with E-state index in [4.69, 9.17) is 4.74 Å². The van der Waals surface area contributed by atoms with Crippen molar-refractivity contribution in [2.45, 2.75) is 32.2 Å². The SMILES string of the molecule is CN=C(NCc1ccnc(N2CCCC2)c1)NCC1(CCO)CCOC1. The number of guanidine groups is 1. The number of aliphatic hydroxyl groups is 1. The molecule has 2 saturated heterocycles. The molecule has 26 heavy (non-hydrogen) atoms. The fourth-order valence-corrected chi connectivity index (χ4v) is 3.68. The van der Waals surface area contributed by atoms with E-state index >= 15 is 0 Å². The van der Waals surface area contributed by atoms with Crippen LogP contribution in [0.3, 0.4) is 0 Å². The quantitative estimate of drug-likeness (QED) is 0.499. The molecule has 1 atom stereocenters. The second kappa shape index (κ2) is 9.19. The highest BCUT2D eigenvalue weighted by Gasteiger charge is 2.34. The molecule has 0 radical (unpaired) electrons. The summed E-state index contributed by atoms with van der Waals surface area (Å²) in [4.78, 5) is 11.2. The van der Waals surface area contributed by atoms with Crippen LogP contribution < -0.4 is 15.5 Å². The Morgan fingerprint density at radius 3 is 2.92 bits per heavy atom. The third kappa shape index (κ3) is 4.86. The summed E-state index contributed by atoms with van der Waals surface area (Å²) in [5.41, 5.74) is 1.20. The highest BCUT2D eigenvalue weighted by Crippen LogP contribution is 2.31. The average Bonchev–Trinajstić information content (AvgIpc) is 3.35. The molecule has 7 nitrogen and oxygen atoms in total. The Morgan fingerprint density at radius 2 is 2.23 bits per heavy atom. The summed E-state index contributed by atoms with van der Waals surface area (Å²) in [6, 6.07) is 4.20. The minimum absolute atomic E-state index is 0.00591. The lowest BCUT2D eigenvalue weighted by Gasteiger charge is -2.27. The molecule has 1 aromatic rings. The van der Waals surface area contributed by atoms with Crippen molar-refractivity contribution in [2.75, 3.05) is 51.4 Å². The Bertz CT molecular complexity index is 595. The van der Waals surface area contributed by atoms with Gasteiger partial charge in [-0.2, -0.15) is 0 Å². The average molecular weight is 361 g/mol. The summed E-state index contributed by atoms with van der Waals surface area (Å²) in [5, 5.41) is 16.1. The Hall–Kier alpha value is -1.86. The molecule has 0 amide bonds. The van der Waals surface area contributed by atoms with Crippen LogP contribution >= 0.6 is 0 Å². The molecule has 3 rings (SSSR count). The molecule has 2 aliphatic heterocycles. The van der Waals surface area contributed by atoms with Crippen molar-refractivity contribution < 1.29 is 9.84 Å². The van der Waals surface area contributed by atoms with Crippen molar-refractivity contribution in [3.63, 3.8) is 0 Å². The smallest absolute Gasteiger partial charge is 0.191 e. The van der Waals surface area contributed by atoms with Crippen molar-refractivity contribution in [1.82, 2.24) is 15.6 Å². The summed E-state index contributed by atoms with van der Waals surface area (Å²) in [6.07, 6.45) is 6.11. The van der Waals surface area contributed by atoms with E-state index in [2.05, 4.69) is 31.6 Å². The van der Waals surface area contributed by atoms with Gasteiger partial charge < -0.3 is 25.4 Å². The van der Waals surface area contributed by atoms with Crippen LogP contribution in [0, 0.1) is 5.41 Å². The van der Waals surface area contributed by atoms with Gasteiger partial charge in [0.15, 0.2) is 5.96 Å². The van der Waals surface area contributed by atoms with Crippen molar-refractivity contribution in [2.24, 2.45) is 10.4 Å². The number of aliphatic imine (C=N–C) groups is 1. The van der Waals surface area contributed by atoms with Gasteiger partial charge >= 0.3 is 0 Å². The van der Waals surface area contributed by atoms with E-state index in [0.717, 1.165) is 50.9 Å². The van der Waals surface area contributed by atoms with Crippen molar-refractivity contribution in [1.29, 1.82) is 0 Å². The first-order chi connectivity index (χ1) is 12.7. The molecule has 3 heterocycles. The lowest BCUT2D eigenvalue weighted by Crippen LogP contribution is -2.44. The van der Waals surface area contributed by atoms with Crippen LogP contribution in [0.25, 0.3) is 0 Å². The molecular formula is C19H31N5O2. The minimum Gasteiger partial charge on any atom is -0.396 e. The van der Waals surface area contributed by atoms with Gasteiger partial charge in [-0.25, -0.2) is 4.98 Å². The summed E-state index contributed by atoms with van der Waals surface area (Å²) in [5.74, 6) is 1.84. The zero-order valence-electron chi connectivity index (χ0n) is 15.7. The van der Waals surface area contributed by atoms with Gasteiger partial charge in [-0.15, -0.1) is 0 Å². The summed E-state index contributed by atoms with van der Waals surface area (Å²) < 4.78 is 5.55. The van der Waals surface area contributed by atoms with Gasteiger partial charge in [-0.3, -0.25) is 4.99 Å². The number of aromatic nitrogens is 1. The van der Waals surface area contributed by atoms with Gasteiger partial charge in [0.05, 0.1) is 6.61 Å². The third-order valence-electron chi connectivity index (χ3n) is 5.38. The van der Waals surface area contributed by atoms with Crippen molar-refractivity contribution in [3.8, 4) is 0 Å². The number of nitrogens with one attached hydrogen (secondary N) is 2. The van der Waals surface area contributed by atoms with Crippen molar-refractivity contribution >= 4 is 11.8 Å². The molecule has 144 valence electrons. The van der Waals surface area contributed by atoms with Crippen LogP contribution in [0.5, 0.6) is 0 Å². The third-order valence-corrected chi connectivity index (χ3v) is 5.38. The highest BCUT2D eigenvalue weighted by atomic mass is 16.5. The molecule has 0 aromatic carbocycles. The first-order valence-electron chi connectivity index (χ1n) is 9.58. The largest absolute Gasteiger partial charge is 0.396 e. The van der Waals surface area contributed by atoms with E-state index in [1.165, 1.54) is 18.4 Å². The number of hydrogen-bond acceptors (Lipinski definition) is 5. The molecule has 1 unspecified atom stereocenters. The Morgan fingerprint density at radius 1 is 1.38 bits per heavy atom. The predicted molar refractivity (Wildman–Crippen MR) is 103 cm³/mol. The van der Waals surface area contributed by atoms with Gasteiger partial charge in [0.2, 0.25) is 0 Å². The van der Waals surface area contributed by atoms with E-state index in [-0.39, 0.29) is 12.0 Å². The standard InChI is InChI=1S/C19H31N5O2/c1-20-18(23-14-19(5-10-25)6-11-26-15-19)22-13-16-4-7-21-17(12-16)24-8-2-3-9-24/h4,7,12,25H,2-3,5-6,8-11,13-15H2,1H3,(H2,20,22,23). The second-order valence-electron chi connectivity index (χ2n) is 7.27. The second-order valence-corrected chi connectivity index (χ2v) is 7.27. The summed E-state index contributed by atoms with van der Waals surface area (Å²) in [7, 11) is 1.78. The highest BCUT2D eigenvalue weighted by molar-refractivity contribution is 5.79. The Labute approximate surface area is 155 Å². The predicted octanol–water partition coefficient (Wildman–Crippen LogP) is 1.14. The van der Waals surface area contributed by atoms with Crippen LogP contribution in [-0.4, -0.2) is 62.6 Å². The van der Waals surface area contributed by atoms with Crippen LogP contribution in [-0.2, 0) is 11.3 Å². The Kier molecular flexibility index (Phi) is 6.68. The fourth-order valence-electron chi connectivity index (χ4n) is 3.68. The minimum atomic E-state index is 0.00591. The number of aliphatic hydroxyl groups excluding tert-OH is 1. The first kappa shape index (κ1) is 18.9. The number of nitrogens with zero attached hydrogens (tertiary/aromatic N) is 3. The van der Waals surface area contributed by atoms with Crippen LogP contribution in [0.15, 0.2) is 23.3 Å². The van der Waals surface area contributed by atoms with Gasteiger partial charge in [0.1, 0.15) is 5.82 Å². The first-order valence-corrected chi connectivity index (χ1v) is 9.58. The topological polar surface area (TPSA) is 82.0 Å². The molecule has 7 heteroatoms. The number of pyridine rings is 1. The summed E-state index contributed by atoms with van der Waals surface area (Å²) >= 11 is 0. The van der Waals surface area contributed by atoms with E-state index in [1.807, 2.05) is 12.3 Å². The number of anilines is 1. The van der Waals surface area contributed by atoms with E-state index in [0.29, 0.717) is 13.2 Å². The van der Waals surface area contributed by atoms with E-state index < -0.39 is 0 Å². The van der Waals surface area contributed by atoms with Gasteiger partial charge in [0, 0.05) is 58.1 Å². The van der Waals surface area contributed by atoms with Crippen molar-refractivity contribution in [3.05, 3.63) is 23.9 Å².